The molecule has 1 aliphatic heterocycles. The van der Waals surface area contributed by atoms with E-state index in [2.05, 4.69) is 11.2 Å². The molecule has 0 aromatic carbocycles. The number of nitrogens with zero attached hydrogens (tertiary/aromatic N) is 1. The number of rotatable bonds is 6. The Morgan fingerprint density at radius 3 is 3.13 bits per heavy atom. The second kappa shape index (κ2) is 6.71. The summed E-state index contributed by atoms with van der Waals surface area (Å²) < 4.78 is 10.2. The fraction of sp³-hybridized carbons (Fsp3) is 0.800. The molecule has 0 N–H and O–H groups in total. The summed E-state index contributed by atoms with van der Waals surface area (Å²) in [5.74, 6) is 0.801. The standard InChI is InChI=1S/C10H17NO3S/c1-3-13-10(12)9-8(14-7-11-9)5-4-6-15-2/h7-9H,3-6H2,1-2H3. The summed E-state index contributed by atoms with van der Waals surface area (Å²) in [5, 5.41) is 0. The van der Waals surface area contributed by atoms with Crippen molar-refractivity contribution < 1.29 is 14.3 Å². The summed E-state index contributed by atoms with van der Waals surface area (Å²) in [6.45, 7) is 2.18. The average Bonchev–Trinajstić information content (AvgIpc) is 2.67. The highest BCUT2D eigenvalue weighted by molar-refractivity contribution is 7.98. The molecule has 2 unspecified atom stereocenters. The van der Waals surface area contributed by atoms with Crippen molar-refractivity contribution in [2.75, 3.05) is 18.6 Å². The lowest BCUT2D eigenvalue weighted by atomic mass is 10.1. The molecule has 1 heterocycles. The van der Waals surface area contributed by atoms with Gasteiger partial charge in [0.05, 0.1) is 6.61 Å². The van der Waals surface area contributed by atoms with Gasteiger partial charge in [-0.1, -0.05) is 0 Å². The Labute approximate surface area is 94.4 Å². The van der Waals surface area contributed by atoms with E-state index in [0.717, 1.165) is 18.6 Å². The van der Waals surface area contributed by atoms with E-state index in [4.69, 9.17) is 9.47 Å². The predicted molar refractivity (Wildman–Crippen MR) is 61.4 cm³/mol. The highest BCUT2D eigenvalue weighted by Crippen LogP contribution is 2.17. The Balaban J connectivity index is 2.34. The van der Waals surface area contributed by atoms with Gasteiger partial charge in [-0.05, 0) is 31.8 Å². The molecule has 0 saturated heterocycles. The quantitative estimate of drug-likeness (QED) is 0.513. The lowest BCUT2D eigenvalue weighted by Crippen LogP contribution is -2.31. The minimum Gasteiger partial charge on any atom is -0.477 e. The maximum absolute atomic E-state index is 11.5. The molecule has 0 amide bonds. The lowest BCUT2D eigenvalue weighted by Gasteiger charge is -2.15. The van der Waals surface area contributed by atoms with Crippen LogP contribution in [0.4, 0.5) is 0 Å². The van der Waals surface area contributed by atoms with Crippen molar-refractivity contribution in [3.05, 3.63) is 0 Å². The first kappa shape index (κ1) is 12.4. The monoisotopic (exact) mass is 231 g/mol. The summed E-state index contributed by atoms with van der Waals surface area (Å²) in [5.41, 5.74) is 0. The van der Waals surface area contributed by atoms with Gasteiger partial charge in [0.25, 0.3) is 0 Å². The Hall–Kier alpha value is -0.710. The van der Waals surface area contributed by atoms with Crippen LogP contribution < -0.4 is 0 Å². The number of ether oxygens (including phenoxy) is 2. The molecule has 0 fully saturated rings. The first-order valence-electron chi connectivity index (χ1n) is 5.12. The van der Waals surface area contributed by atoms with Crippen LogP contribution in [0.15, 0.2) is 4.99 Å². The first-order chi connectivity index (χ1) is 7.29. The van der Waals surface area contributed by atoms with Crippen LogP contribution in [-0.4, -0.2) is 43.1 Å². The molecule has 15 heavy (non-hydrogen) atoms. The molecular weight excluding hydrogens is 214 g/mol. The Morgan fingerprint density at radius 1 is 1.67 bits per heavy atom. The van der Waals surface area contributed by atoms with Gasteiger partial charge >= 0.3 is 5.97 Å². The van der Waals surface area contributed by atoms with Gasteiger partial charge in [-0.2, -0.15) is 11.8 Å². The summed E-state index contributed by atoms with van der Waals surface area (Å²) in [4.78, 5) is 15.5. The van der Waals surface area contributed by atoms with Crippen molar-refractivity contribution in [1.29, 1.82) is 0 Å². The van der Waals surface area contributed by atoms with Gasteiger partial charge in [-0.3, -0.25) is 0 Å². The van der Waals surface area contributed by atoms with Gasteiger partial charge in [0.15, 0.2) is 12.4 Å². The zero-order valence-electron chi connectivity index (χ0n) is 9.14. The number of hydrogen-bond donors (Lipinski definition) is 0. The number of thioether (sulfide) groups is 1. The van der Waals surface area contributed by atoms with Gasteiger partial charge in [0.1, 0.15) is 6.10 Å². The normalized spacial score (nSPS) is 23.9. The summed E-state index contributed by atoms with van der Waals surface area (Å²) in [6, 6.07) is -0.452. The third-order valence-electron chi connectivity index (χ3n) is 2.17. The fourth-order valence-corrected chi connectivity index (χ4v) is 1.90. The molecule has 0 aliphatic carbocycles. The maximum Gasteiger partial charge on any atom is 0.334 e. The van der Waals surface area contributed by atoms with Crippen molar-refractivity contribution in [1.82, 2.24) is 0 Å². The van der Waals surface area contributed by atoms with E-state index >= 15 is 0 Å². The summed E-state index contributed by atoms with van der Waals surface area (Å²) >= 11 is 1.79. The predicted octanol–water partition coefficient (Wildman–Crippen LogP) is 1.49. The highest BCUT2D eigenvalue weighted by atomic mass is 32.2. The van der Waals surface area contributed by atoms with E-state index in [1.807, 2.05) is 0 Å². The molecular formula is C10H17NO3S. The van der Waals surface area contributed by atoms with E-state index in [0.29, 0.717) is 6.61 Å². The van der Waals surface area contributed by atoms with Crippen LogP contribution in [0.25, 0.3) is 0 Å². The topological polar surface area (TPSA) is 47.9 Å². The number of hydrogen-bond acceptors (Lipinski definition) is 5. The van der Waals surface area contributed by atoms with Crippen LogP contribution in [0, 0.1) is 0 Å². The van der Waals surface area contributed by atoms with Crippen molar-refractivity contribution in [3.8, 4) is 0 Å². The van der Waals surface area contributed by atoms with E-state index in [1.54, 1.807) is 18.7 Å². The molecule has 0 radical (unpaired) electrons. The van der Waals surface area contributed by atoms with Crippen molar-refractivity contribution >= 4 is 24.1 Å². The minimum atomic E-state index is -0.452. The number of aliphatic imine (C=N–C) groups is 1. The third kappa shape index (κ3) is 3.74. The van der Waals surface area contributed by atoms with Gasteiger partial charge in [0, 0.05) is 0 Å². The number of carbonyl (C=O) groups excluding carboxylic acids is 1. The molecule has 0 bridgehead atoms. The molecule has 0 spiro atoms. The molecule has 0 aromatic heterocycles. The number of esters is 1. The number of carbonyl (C=O) groups is 1. The lowest BCUT2D eigenvalue weighted by molar-refractivity contribution is -0.146. The maximum atomic E-state index is 11.5. The van der Waals surface area contributed by atoms with Gasteiger partial charge in [-0.15, -0.1) is 0 Å². The Bertz CT molecular complexity index is 233. The Kier molecular flexibility index (Phi) is 5.53. The second-order valence-electron chi connectivity index (χ2n) is 3.26. The van der Waals surface area contributed by atoms with Crippen LogP contribution in [0.1, 0.15) is 19.8 Å². The van der Waals surface area contributed by atoms with Crippen molar-refractivity contribution in [2.45, 2.75) is 31.9 Å². The van der Waals surface area contributed by atoms with Crippen LogP contribution in [-0.2, 0) is 14.3 Å². The molecule has 0 aromatic rings. The Morgan fingerprint density at radius 2 is 2.47 bits per heavy atom. The van der Waals surface area contributed by atoms with E-state index in [9.17, 15) is 4.79 Å². The van der Waals surface area contributed by atoms with Crippen LogP contribution >= 0.6 is 11.8 Å². The van der Waals surface area contributed by atoms with Gasteiger partial charge < -0.3 is 9.47 Å². The minimum absolute atomic E-state index is 0.129. The molecule has 86 valence electrons. The summed E-state index contributed by atoms with van der Waals surface area (Å²) in [7, 11) is 0. The highest BCUT2D eigenvalue weighted by Gasteiger charge is 2.33. The average molecular weight is 231 g/mol. The van der Waals surface area contributed by atoms with E-state index in [1.165, 1.54) is 6.40 Å². The fourth-order valence-electron chi connectivity index (χ4n) is 1.44. The molecule has 0 saturated carbocycles. The molecule has 4 nitrogen and oxygen atoms in total. The molecule has 2 atom stereocenters. The third-order valence-corrected chi connectivity index (χ3v) is 2.87. The van der Waals surface area contributed by atoms with Gasteiger partial charge in [0.2, 0.25) is 0 Å². The summed E-state index contributed by atoms with van der Waals surface area (Å²) in [6.07, 6.45) is 5.19. The van der Waals surface area contributed by atoms with Crippen LogP contribution in [0.3, 0.4) is 0 Å². The van der Waals surface area contributed by atoms with E-state index in [-0.39, 0.29) is 12.1 Å². The largest absolute Gasteiger partial charge is 0.477 e. The van der Waals surface area contributed by atoms with Crippen molar-refractivity contribution in [2.24, 2.45) is 4.99 Å². The first-order valence-corrected chi connectivity index (χ1v) is 6.51. The zero-order chi connectivity index (χ0) is 11.1. The molecule has 1 aliphatic rings. The second-order valence-corrected chi connectivity index (χ2v) is 4.25. The molecule has 5 heteroatoms. The van der Waals surface area contributed by atoms with Crippen LogP contribution in [0.5, 0.6) is 0 Å². The van der Waals surface area contributed by atoms with Crippen molar-refractivity contribution in [3.63, 3.8) is 0 Å². The van der Waals surface area contributed by atoms with Gasteiger partial charge in [-0.25, -0.2) is 9.79 Å². The van der Waals surface area contributed by atoms with Crippen LogP contribution in [0.2, 0.25) is 0 Å². The SMILES string of the molecule is CCOC(=O)C1N=COC1CCCSC. The van der Waals surface area contributed by atoms with E-state index < -0.39 is 6.04 Å². The molecule has 1 rings (SSSR count). The smallest absolute Gasteiger partial charge is 0.334 e. The zero-order valence-corrected chi connectivity index (χ0v) is 9.96.